The molecule has 3 rings (SSSR count). The van der Waals surface area contributed by atoms with Gasteiger partial charge in [0.1, 0.15) is 18.1 Å². The lowest BCUT2D eigenvalue weighted by atomic mass is 10.1. The van der Waals surface area contributed by atoms with E-state index >= 15 is 0 Å². The fourth-order valence-electron chi connectivity index (χ4n) is 2.37. The van der Waals surface area contributed by atoms with Gasteiger partial charge in [-0.05, 0) is 83.3 Å². The maximum atomic E-state index is 12.3. The second-order valence-corrected chi connectivity index (χ2v) is 7.60. The summed E-state index contributed by atoms with van der Waals surface area (Å²) in [5.41, 5.74) is 1.81. The molecule has 27 heavy (non-hydrogen) atoms. The van der Waals surface area contributed by atoms with Crippen molar-refractivity contribution in [3.05, 3.63) is 74.5 Å². The molecule has 3 aromatic rings. The average Bonchev–Trinajstić information content (AvgIpc) is 3.12. The number of carbonyl (C=O) groups excluding carboxylic acids is 1. The van der Waals surface area contributed by atoms with Crippen LogP contribution in [0.1, 0.15) is 16.1 Å². The van der Waals surface area contributed by atoms with Gasteiger partial charge in [-0.2, -0.15) is 0 Å². The van der Waals surface area contributed by atoms with Gasteiger partial charge in [-0.25, -0.2) is 0 Å². The maximum absolute atomic E-state index is 12.3. The molecule has 0 unspecified atom stereocenters. The van der Waals surface area contributed by atoms with Crippen molar-refractivity contribution in [2.45, 2.75) is 6.61 Å². The van der Waals surface area contributed by atoms with Gasteiger partial charge in [0, 0.05) is 20.4 Å². The number of hydrogen-bond donors (Lipinski definition) is 3. The van der Waals surface area contributed by atoms with Crippen LogP contribution in [0.5, 0.6) is 0 Å². The molecule has 0 aliphatic carbocycles. The number of furan rings is 1. The standard InChI is InChI=1S/C19H14ClIN2O3S/c20-16-6-4-13(9-15(16)17-7-5-14(10-24)26-17)22-19(27)23-18(25)11-2-1-3-12(21)8-11/h1-9,24H,10H2,(H2,22,23,25,27). The maximum Gasteiger partial charge on any atom is 0.257 e. The van der Waals surface area contributed by atoms with Crippen LogP contribution in [-0.2, 0) is 6.61 Å². The van der Waals surface area contributed by atoms with Gasteiger partial charge < -0.3 is 14.8 Å². The fraction of sp³-hybridized carbons (Fsp3) is 0.0526. The zero-order valence-electron chi connectivity index (χ0n) is 13.8. The van der Waals surface area contributed by atoms with E-state index in [0.717, 1.165) is 3.57 Å². The summed E-state index contributed by atoms with van der Waals surface area (Å²) in [6.45, 7) is -0.190. The number of aliphatic hydroxyl groups excluding tert-OH is 1. The Kier molecular flexibility index (Phi) is 6.48. The Bertz CT molecular complexity index is 1010. The summed E-state index contributed by atoms with van der Waals surface area (Å²) in [6.07, 6.45) is 0. The predicted molar refractivity (Wildman–Crippen MR) is 118 cm³/mol. The van der Waals surface area contributed by atoms with Crippen LogP contribution < -0.4 is 10.6 Å². The smallest absolute Gasteiger partial charge is 0.257 e. The summed E-state index contributed by atoms with van der Waals surface area (Å²) < 4.78 is 6.49. The molecule has 1 amide bonds. The van der Waals surface area contributed by atoms with E-state index in [0.29, 0.717) is 33.4 Å². The molecule has 138 valence electrons. The van der Waals surface area contributed by atoms with Crippen molar-refractivity contribution < 1.29 is 14.3 Å². The molecule has 1 aromatic heterocycles. The Balaban J connectivity index is 1.72. The number of carbonyl (C=O) groups is 1. The number of anilines is 1. The lowest BCUT2D eigenvalue weighted by molar-refractivity contribution is 0.0977. The molecule has 1 heterocycles. The second-order valence-electron chi connectivity index (χ2n) is 5.54. The Morgan fingerprint density at radius 2 is 2.00 bits per heavy atom. The molecule has 0 fully saturated rings. The van der Waals surface area contributed by atoms with Gasteiger partial charge in [-0.3, -0.25) is 10.1 Å². The molecule has 0 atom stereocenters. The van der Waals surface area contributed by atoms with E-state index in [1.807, 2.05) is 12.1 Å². The number of aliphatic hydroxyl groups is 1. The second kappa shape index (κ2) is 8.83. The minimum absolute atomic E-state index is 0.169. The van der Waals surface area contributed by atoms with Gasteiger partial charge in [0.05, 0.1) is 5.02 Å². The molecule has 0 saturated carbocycles. The summed E-state index contributed by atoms with van der Waals surface area (Å²) in [7, 11) is 0. The number of halogens is 2. The molecule has 0 aliphatic heterocycles. The highest BCUT2D eigenvalue weighted by atomic mass is 127. The number of benzene rings is 2. The third kappa shape index (κ3) is 5.07. The van der Waals surface area contributed by atoms with Gasteiger partial charge in [0.15, 0.2) is 5.11 Å². The van der Waals surface area contributed by atoms with E-state index < -0.39 is 0 Å². The Morgan fingerprint density at radius 3 is 2.70 bits per heavy atom. The Morgan fingerprint density at radius 1 is 1.19 bits per heavy atom. The van der Waals surface area contributed by atoms with Gasteiger partial charge in [-0.15, -0.1) is 0 Å². The number of thiocarbonyl (C=S) groups is 1. The van der Waals surface area contributed by atoms with Crippen LogP contribution in [0.25, 0.3) is 11.3 Å². The van der Waals surface area contributed by atoms with Crippen molar-refractivity contribution in [2.75, 3.05) is 5.32 Å². The van der Waals surface area contributed by atoms with Gasteiger partial charge in [0.25, 0.3) is 5.91 Å². The Hall–Kier alpha value is -1.94. The minimum atomic E-state index is -0.293. The molecule has 0 bridgehead atoms. The van der Waals surface area contributed by atoms with Crippen molar-refractivity contribution in [3.63, 3.8) is 0 Å². The molecule has 0 saturated heterocycles. The molecule has 8 heteroatoms. The van der Waals surface area contributed by atoms with Crippen LogP contribution in [-0.4, -0.2) is 16.1 Å². The Labute approximate surface area is 179 Å². The predicted octanol–water partition coefficient (Wildman–Crippen LogP) is 4.82. The van der Waals surface area contributed by atoms with Gasteiger partial charge >= 0.3 is 0 Å². The zero-order chi connectivity index (χ0) is 19.4. The lowest BCUT2D eigenvalue weighted by Crippen LogP contribution is -2.34. The van der Waals surface area contributed by atoms with Gasteiger partial charge in [-0.1, -0.05) is 17.7 Å². The molecule has 5 nitrogen and oxygen atoms in total. The molecular formula is C19H14ClIN2O3S. The minimum Gasteiger partial charge on any atom is -0.459 e. The van der Waals surface area contributed by atoms with Crippen LogP contribution in [0, 0.1) is 3.57 Å². The van der Waals surface area contributed by atoms with E-state index in [-0.39, 0.29) is 17.6 Å². The van der Waals surface area contributed by atoms with E-state index in [1.165, 1.54) is 0 Å². The van der Waals surface area contributed by atoms with E-state index in [1.54, 1.807) is 42.5 Å². The van der Waals surface area contributed by atoms with Crippen molar-refractivity contribution in [1.82, 2.24) is 5.32 Å². The average molecular weight is 513 g/mol. The number of nitrogens with one attached hydrogen (secondary N) is 2. The van der Waals surface area contributed by atoms with Crippen molar-refractivity contribution >= 4 is 63.1 Å². The highest BCUT2D eigenvalue weighted by Gasteiger charge is 2.12. The first kappa shape index (κ1) is 19.8. The summed E-state index contributed by atoms with van der Waals surface area (Å²) in [5, 5.41) is 15.4. The normalized spacial score (nSPS) is 10.5. The third-order valence-corrected chi connectivity index (χ3v) is 4.83. The molecule has 0 radical (unpaired) electrons. The first-order chi connectivity index (χ1) is 13.0. The quantitative estimate of drug-likeness (QED) is 0.345. The highest BCUT2D eigenvalue weighted by molar-refractivity contribution is 14.1. The van der Waals surface area contributed by atoms with Crippen LogP contribution in [0.3, 0.4) is 0 Å². The number of rotatable bonds is 4. The lowest BCUT2D eigenvalue weighted by Gasteiger charge is -2.11. The highest BCUT2D eigenvalue weighted by Crippen LogP contribution is 2.32. The van der Waals surface area contributed by atoms with Crippen molar-refractivity contribution in [2.24, 2.45) is 0 Å². The van der Waals surface area contributed by atoms with Crippen LogP contribution in [0.4, 0.5) is 5.69 Å². The van der Waals surface area contributed by atoms with Crippen LogP contribution in [0.15, 0.2) is 59.0 Å². The monoisotopic (exact) mass is 512 g/mol. The van der Waals surface area contributed by atoms with Gasteiger partial charge in [0.2, 0.25) is 0 Å². The molecular weight excluding hydrogens is 499 g/mol. The van der Waals surface area contributed by atoms with Crippen molar-refractivity contribution in [3.8, 4) is 11.3 Å². The van der Waals surface area contributed by atoms with E-state index in [4.69, 9.17) is 33.3 Å². The molecule has 2 aromatic carbocycles. The van der Waals surface area contributed by atoms with Crippen molar-refractivity contribution in [1.29, 1.82) is 0 Å². The van der Waals surface area contributed by atoms with E-state index in [2.05, 4.69) is 33.2 Å². The topological polar surface area (TPSA) is 74.5 Å². The summed E-state index contributed by atoms with van der Waals surface area (Å²) in [5.74, 6) is 0.681. The molecule has 3 N–H and O–H groups in total. The largest absolute Gasteiger partial charge is 0.459 e. The van der Waals surface area contributed by atoms with E-state index in [9.17, 15) is 4.79 Å². The number of hydrogen-bond acceptors (Lipinski definition) is 4. The summed E-state index contributed by atoms with van der Waals surface area (Å²) >= 11 is 13.6. The number of amides is 1. The van der Waals surface area contributed by atoms with Crippen LogP contribution in [0.2, 0.25) is 5.02 Å². The molecule has 0 aliphatic rings. The SMILES string of the molecule is O=C(NC(=S)Nc1ccc(Cl)c(-c2ccc(CO)o2)c1)c1cccc(I)c1. The van der Waals surface area contributed by atoms with Crippen LogP contribution >= 0.6 is 46.4 Å². The first-order valence-corrected chi connectivity index (χ1v) is 9.70. The fourth-order valence-corrected chi connectivity index (χ4v) is 3.33. The zero-order valence-corrected chi connectivity index (χ0v) is 17.6. The summed E-state index contributed by atoms with van der Waals surface area (Å²) in [6, 6.07) is 15.8. The molecule has 0 spiro atoms. The third-order valence-electron chi connectivity index (χ3n) is 3.62. The summed E-state index contributed by atoms with van der Waals surface area (Å²) in [4.78, 5) is 12.3. The first-order valence-electron chi connectivity index (χ1n) is 7.83.